The third-order valence-corrected chi connectivity index (χ3v) is 3.29. The number of carbonyl (C=O) groups is 1. The lowest BCUT2D eigenvalue weighted by atomic mass is 10.1. The van der Waals surface area contributed by atoms with Crippen LogP contribution >= 0.6 is 0 Å². The molecule has 1 atom stereocenters. The Kier molecular flexibility index (Phi) is 4.01. The van der Waals surface area contributed by atoms with Crippen molar-refractivity contribution in [2.45, 2.75) is 6.23 Å². The van der Waals surface area contributed by atoms with E-state index in [2.05, 4.69) is 4.99 Å². The standard InChI is InChI=1S/C18H15NO3/c1-21-18(20)17-19-15(13-8-4-2-5-9-13)12-16(22-17)14-10-6-3-7-11-14/h2-12,17H,1H3. The second-order valence-corrected chi connectivity index (χ2v) is 4.75. The van der Waals surface area contributed by atoms with Crippen LogP contribution in [0, 0.1) is 0 Å². The van der Waals surface area contributed by atoms with Crippen LogP contribution in [-0.4, -0.2) is 25.0 Å². The molecule has 1 heterocycles. The van der Waals surface area contributed by atoms with Crippen LogP contribution < -0.4 is 0 Å². The SMILES string of the molecule is COC(=O)C1N=C(c2ccccc2)C=C(c2ccccc2)O1. The number of carbonyl (C=O) groups excluding carboxylic acids is 1. The highest BCUT2D eigenvalue weighted by atomic mass is 16.6. The van der Waals surface area contributed by atoms with E-state index in [1.54, 1.807) is 0 Å². The van der Waals surface area contributed by atoms with Crippen LogP contribution in [-0.2, 0) is 14.3 Å². The zero-order valence-corrected chi connectivity index (χ0v) is 12.1. The molecular weight excluding hydrogens is 278 g/mol. The third kappa shape index (κ3) is 2.91. The van der Waals surface area contributed by atoms with E-state index in [9.17, 15) is 4.79 Å². The summed E-state index contributed by atoms with van der Waals surface area (Å²) in [7, 11) is 1.32. The minimum Gasteiger partial charge on any atom is -0.465 e. The zero-order valence-electron chi connectivity index (χ0n) is 12.1. The molecule has 22 heavy (non-hydrogen) atoms. The summed E-state index contributed by atoms with van der Waals surface area (Å²) in [5.74, 6) is 0.0832. The van der Waals surface area contributed by atoms with Crippen LogP contribution in [0.15, 0.2) is 71.7 Å². The Balaban J connectivity index is 2.03. The van der Waals surface area contributed by atoms with Gasteiger partial charge in [-0.3, -0.25) is 0 Å². The number of benzene rings is 2. The summed E-state index contributed by atoms with van der Waals surface area (Å²) in [5.41, 5.74) is 2.51. The highest BCUT2D eigenvalue weighted by molar-refractivity contribution is 6.13. The molecule has 0 fully saturated rings. The normalized spacial score (nSPS) is 17.0. The Hall–Kier alpha value is -2.88. The number of aliphatic imine (C=N–C) groups is 1. The number of methoxy groups -OCH3 is 1. The fraction of sp³-hybridized carbons (Fsp3) is 0.111. The van der Waals surface area contributed by atoms with Gasteiger partial charge in [0.1, 0.15) is 5.76 Å². The number of rotatable bonds is 3. The smallest absolute Gasteiger partial charge is 0.370 e. The summed E-state index contributed by atoms with van der Waals surface area (Å²) in [6, 6.07) is 19.3. The van der Waals surface area contributed by atoms with Gasteiger partial charge in [-0.1, -0.05) is 60.7 Å². The maximum atomic E-state index is 11.8. The van der Waals surface area contributed by atoms with E-state index < -0.39 is 12.2 Å². The van der Waals surface area contributed by atoms with Crippen LogP contribution in [0.3, 0.4) is 0 Å². The lowest BCUT2D eigenvalue weighted by Crippen LogP contribution is -2.27. The summed E-state index contributed by atoms with van der Waals surface area (Å²) < 4.78 is 10.4. The first-order valence-corrected chi connectivity index (χ1v) is 6.93. The molecule has 0 saturated heterocycles. The Morgan fingerprint density at radius 2 is 1.59 bits per heavy atom. The molecule has 0 bridgehead atoms. The predicted molar refractivity (Wildman–Crippen MR) is 84.3 cm³/mol. The summed E-state index contributed by atoms with van der Waals surface area (Å²) in [5, 5.41) is 0. The van der Waals surface area contributed by atoms with E-state index in [0.717, 1.165) is 11.1 Å². The fourth-order valence-corrected chi connectivity index (χ4v) is 2.19. The maximum Gasteiger partial charge on any atom is 0.370 e. The highest BCUT2D eigenvalue weighted by Gasteiger charge is 2.26. The molecule has 0 saturated carbocycles. The topological polar surface area (TPSA) is 47.9 Å². The average Bonchev–Trinajstić information content (AvgIpc) is 2.62. The molecule has 1 aliphatic rings. The molecule has 0 amide bonds. The van der Waals surface area contributed by atoms with Gasteiger partial charge in [-0.05, 0) is 5.56 Å². The second-order valence-electron chi connectivity index (χ2n) is 4.75. The number of allylic oxidation sites excluding steroid dienone is 1. The summed E-state index contributed by atoms with van der Waals surface area (Å²) in [4.78, 5) is 16.2. The number of ether oxygens (including phenoxy) is 2. The summed E-state index contributed by atoms with van der Waals surface area (Å²) >= 11 is 0. The second kappa shape index (κ2) is 6.26. The molecule has 110 valence electrons. The number of nitrogens with zero attached hydrogens (tertiary/aromatic N) is 1. The summed E-state index contributed by atoms with van der Waals surface area (Å²) in [6.45, 7) is 0. The molecule has 4 heteroatoms. The van der Waals surface area contributed by atoms with Gasteiger partial charge in [0.15, 0.2) is 0 Å². The molecule has 2 aromatic carbocycles. The molecule has 3 rings (SSSR count). The van der Waals surface area contributed by atoms with Crippen LogP contribution in [0.4, 0.5) is 0 Å². The third-order valence-electron chi connectivity index (χ3n) is 3.29. The molecule has 0 aromatic heterocycles. The average molecular weight is 293 g/mol. The van der Waals surface area contributed by atoms with E-state index in [1.165, 1.54) is 7.11 Å². The maximum absolute atomic E-state index is 11.8. The van der Waals surface area contributed by atoms with Gasteiger partial charge in [0.2, 0.25) is 0 Å². The van der Waals surface area contributed by atoms with Crippen molar-refractivity contribution in [3.05, 3.63) is 77.9 Å². The van der Waals surface area contributed by atoms with E-state index in [1.807, 2.05) is 66.7 Å². The molecule has 0 spiro atoms. The summed E-state index contributed by atoms with van der Waals surface area (Å²) in [6.07, 6.45) is 0.852. The lowest BCUT2D eigenvalue weighted by Gasteiger charge is -2.21. The minimum atomic E-state index is -0.986. The van der Waals surface area contributed by atoms with Crippen molar-refractivity contribution in [2.75, 3.05) is 7.11 Å². The van der Waals surface area contributed by atoms with Crippen LogP contribution in [0.1, 0.15) is 11.1 Å². The van der Waals surface area contributed by atoms with Gasteiger partial charge in [0, 0.05) is 11.6 Å². The lowest BCUT2D eigenvalue weighted by molar-refractivity contribution is -0.149. The van der Waals surface area contributed by atoms with E-state index in [0.29, 0.717) is 11.5 Å². The van der Waals surface area contributed by atoms with Crippen molar-refractivity contribution in [2.24, 2.45) is 4.99 Å². The van der Waals surface area contributed by atoms with Gasteiger partial charge in [-0.15, -0.1) is 0 Å². The zero-order chi connectivity index (χ0) is 15.4. The fourth-order valence-electron chi connectivity index (χ4n) is 2.19. The molecule has 0 radical (unpaired) electrons. The Labute approximate surface area is 128 Å². The minimum absolute atomic E-state index is 0.519. The monoisotopic (exact) mass is 293 g/mol. The Bertz CT molecular complexity index is 721. The Morgan fingerprint density at radius 1 is 1.00 bits per heavy atom. The number of esters is 1. The first-order chi connectivity index (χ1) is 10.8. The van der Waals surface area contributed by atoms with Gasteiger partial charge in [-0.25, -0.2) is 9.79 Å². The molecule has 1 aliphatic heterocycles. The molecule has 1 unspecified atom stereocenters. The van der Waals surface area contributed by atoms with Gasteiger partial charge in [-0.2, -0.15) is 0 Å². The van der Waals surface area contributed by atoms with Crippen LogP contribution in [0.25, 0.3) is 5.76 Å². The molecule has 0 N–H and O–H groups in total. The molecule has 2 aromatic rings. The van der Waals surface area contributed by atoms with Crippen LogP contribution in [0.2, 0.25) is 0 Å². The van der Waals surface area contributed by atoms with E-state index in [4.69, 9.17) is 9.47 Å². The molecule has 0 aliphatic carbocycles. The first-order valence-electron chi connectivity index (χ1n) is 6.93. The van der Waals surface area contributed by atoms with E-state index >= 15 is 0 Å². The predicted octanol–water partition coefficient (Wildman–Crippen LogP) is 3.05. The number of hydrogen-bond donors (Lipinski definition) is 0. The van der Waals surface area contributed by atoms with E-state index in [-0.39, 0.29) is 0 Å². The highest BCUT2D eigenvalue weighted by Crippen LogP contribution is 2.24. The van der Waals surface area contributed by atoms with Crippen LogP contribution in [0.5, 0.6) is 0 Å². The van der Waals surface area contributed by atoms with Crippen molar-refractivity contribution in [1.82, 2.24) is 0 Å². The molecular formula is C18H15NO3. The quantitative estimate of drug-likeness (QED) is 0.817. The largest absolute Gasteiger partial charge is 0.465 e. The van der Waals surface area contributed by atoms with Crippen molar-refractivity contribution in [1.29, 1.82) is 0 Å². The van der Waals surface area contributed by atoms with Gasteiger partial charge >= 0.3 is 5.97 Å². The van der Waals surface area contributed by atoms with Crippen molar-refractivity contribution in [3.63, 3.8) is 0 Å². The van der Waals surface area contributed by atoms with Gasteiger partial charge < -0.3 is 9.47 Å². The molecule has 4 nitrogen and oxygen atoms in total. The number of hydrogen-bond acceptors (Lipinski definition) is 4. The van der Waals surface area contributed by atoms with Crippen molar-refractivity contribution >= 4 is 17.4 Å². The van der Waals surface area contributed by atoms with Gasteiger partial charge in [0.25, 0.3) is 6.23 Å². The van der Waals surface area contributed by atoms with Crippen molar-refractivity contribution in [3.8, 4) is 0 Å². The van der Waals surface area contributed by atoms with Gasteiger partial charge in [0.05, 0.1) is 12.8 Å². The Morgan fingerprint density at radius 3 is 2.18 bits per heavy atom. The first kappa shape index (κ1) is 14.1. The van der Waals surface area contributed by atoms with Crippen molar-refractivity contribution < 1.29 is 14.3 Å².